The lowest BCUT2D eigenvalue weighted by atomic mass is 9.92. The van der Waals surface area contributed by atoms with Crippen molar-refractivity contribution in [2.75, 3.05) is 20.6 Å². The van der Waals surface area contributed by atoms with Crippen LogP contribution in [0.25, 0.3) is 0 Å². The normalized spacial score (nSPS) is 13.1. The molecule has 1 amide bonds. The van der Waals surface area contributed by atoms with Gasteiger partial charge in [0.2, 0.25) is 0 Å². The van der Waals surface area contributed by atoms with Gasteiger partial charge >= 0.3 is 0 Å². The number of nitrogens with one attached hydrogen (secondary N) is 1. The third kappa shape index (κ3) is 4.66. The van der Waals surface area contributed by atoms with E-state index in [1.165, 1.54) is 12.1 Å². The second-order valence-corrected chi connectivity index (χ2v) is 7.53. The van der Waals surface area contributed by atoms with Crippen LogP contribution in [0, 0.1) is 5.82 Å². The van der Waals surface area contributed by atoms with E-state index in [0.717, 1.165) is 11.3 Å². The molecule has 25 heavy (non-hydrogen) atoms. The molecule has 0 aliphatic heterocycles. The summed E-state index contributed by atoms with van der Waals surface area (Å²) >= 11 is 0. The molecular weight excluding hydrogens is 319 g/mol. The number of aryl methyl sites for hydroxylation is 1. The summed E-state index contributed by atoms with van der Waals surface area (Å²) in [7, 11) is 5.64. The highest BCUT2D eigenvalue weighted by molar-refractivity contribution is 5.92. The molecule has 136 valence electrons. The van der Waals surface area contributed by atoms with Gasteiger partial charge in [-0.05, 0) is 37.9 Å². The highest BCUT2D eigenvalue weighted by Gasteiger charge is 2.22. The van der Waals surface area contributed by atoms with Gasteiger partial charge in [-0.3, -0.25) is 9.48 Å². The van der Waals surface area contributed by atoms with Gasteiger partial charge in [0, 0.05) is 19.0 Å². The first-order valence-electron chi connectivity index (χ1n) is 8.34. The van der Waals surface area contributed by atoms with Gasteiger partial charge in [0.1, 0.15) is 11.5 Å². The monoisotopic (exact) mass is 346 g/mol. The Morgan fingerprint density at radius 2 is 1.88 bits per heavy atom. The van der Waals surface area contributed by atoms with Gasteiger partial charge in [-0.1, -0.05) is 32.9 Å². The molecule has 0 aliphatic rings. The Morgan fingerprint density at radius 3 is 2.36 bits per heavy atom. The number of aromatic nitrogens is 2. The molecule has 1 aromatic carbocycles. The van der Waals surface area contributed by atoms with E-state index in [-0.39, 0.29) is 23.2 Å². The van der Waals surface area contributed by atoms with Crippen LogP contribution in [0.15, 0.2) is 30.3 Å². The van der Waals surface area contributed by atoms with Gasteiger partial charge in [0.15, 0.2) is 0 Å². The molecule has 0 aliphatic carbocycles. The van der Waals surface area contributed by atoms with Crippen LogP contribution >= 0.6 is 0 Å². The topological polar surface area (TPSA) is 50.2 Å². The molecule has 1 heterocycles. The van der Waals surface area contributed by atoms with E-state index in [4.69, 9.17) is 0 Å². The molecule has 0 saturated heterocycles. The highest BCUT2D eigenvalue weighted by Crippen LogP contribution is 2.22. The van der Waals surface area contributed by atoms with E-state index in [2.05, 4.69) is 31.2 Å². The summed E-state index contributed by atoms with van der Waals surface area (Å²) in [6, 6.07) is 8.15. The summed E-state index contributed by atoms with van der Waals surface area (Å²) in [6.45, 7) is 6.61. The van der Waals surface area contributed by atoms with E-state index in [0.29, 0.717) is 12.2 Å². The average Bonchev–Trinajstić information content (AvgIpc) is 2.91. The maximum absolute atomic E-state index is 13.1. The Hall–Kier alpha value is -2.21. The first kappa shape index (κ1) is 19.1. The van der Waals surface area contributed by atoms with Crippen LogP contribution < -0.4 is 5.32 Å². The second-order valence-electron chi connectivity index (χ2n) is 7.53. The van der Waals surface area contributed by atoms with Crippen LogP contribution in [0.1, 0.15) is 48.6 Å². The van der Waals surface area contributed by atoms with Gasteiger partial charge in [-0.25, -0.2) is 4.39 Å². The number of nitrogens with zero attached hydrogens (tertiary/aromatic N) is 3. The van der Waals surface area contributed by atoms with Gasteiger partial charge < -0.3 is 10.2 Å². The first-order valence-corrected chi connectivity index (χ1v) is 8.34. The van der Waals surface area contributed by atoms with Gasteiger partial charge in [-0.15, -0.1) is 0 Å². The second kappa shape index (κ2) is 7.35. The Morgan fingerprint density at radius 1 is 1.28 bits per heavy atom. The van der Waals surface area contributed by atoms with Crippen molar-refractivity contribution in [2.45, 2.75) is 32.2 Å². The number of carbonyl (C=O) groups excluding carboxylic acids is 1. The lowest BCUT2D eigenvalue weighted by molar-refractivity contribution is 0.0932. The Labute approximate surface area is 148 Å². The van der Waals surface area contributed by atoms with Gasteiger partial charge in [-0.2, -0.15) is 5.10 Å². The van der Waals surface area contributed by atoms with Crippen LogP contribution in [-0.4, -0.2) is 41.2 Å². The summed E-state index contributed by atoms with van der Waals surface area (Å²) < 4.78 is 14.7. The van der Waals surface area contributed by atoms with Crippen molar-refractivity contribution in [3.8, 4) is 0 Å². The summed E-state index contributed by atoms with van der Waals surface area (Å²) in [4.78, 5) is 14.6. The summed E-state index contributed by atoms with van der Waals surface area (Å²) in [6.07, 6.45) is 0. The first-order chi connectivity index (χ1) is 11.6. The maximum Gasteiger partial charge on any atom is 0.269 e. The average molecular weight is 346 g/mol. The predicted octanol–water partition coefficient (Wildman–Crippen LogP) is 2.89. The third-order valence-corrected chi connectivity index (χ3v) is 4.21. The lowest BCUT2D eigenvalue weighted by Gasteiger charge is -2.25. The molecular formula is C19H27FN4O. The number of amides is 1. The largest absolute Gasteiger partial charge is 0.349 e. The van der Waals surface area contributed by atoms with Crippen molar-refractivity contribution in [1.82, 2.24) is 20.0 Å². The molecule has 1 atom stereocenters. The van der Waals surface area contributed by atoms with Crippen molar-refractivity contribution < 1.29 is 9.18 Å². The van der Waals surface area contributed by atoms with Gasteiger partial charge in [0.05, 0.1) is 11.7 Å². The molecule has 1 unspecified atom stereocenters. The van der Waals surface area contributed by atoms with Crippen molar-refractivity contribution in [1.29, 1.82) is 0 Å². The molecule has 6 heteroatoms. The molecule has 1 aromatic heterocycles. The Bertz CT molecular complexity index is 729. The molecule has 0 radical (unpaired) electrons. The third-order valence-electron chi connectivity index (χ3n) is 4.21. The molecule has 0 bridgehead atoms. The molecule has 0 fully saturated rings. The number of carbonyl (C=O) groups is 1. The minimum absolute atomic E-state index is 0.0418. The lowest BCUT2D eigenvalue weighted by Crippen LogP contribution is -2.35. The van der Waals surface area contributed by atoms with Crippen molar-refractivity contribution in [3.05, 3.63) is 53.1 Å². The van der Waals surface area contributed by atoms with Gasteiger partial charge in [0.25, 0.3) is 5.91 Å². The predicted molar refractivity (Wildman–Crippen MR) is 97.1 cm³/mol. The minimum Gasteiger partial charge on any atom is -0.349 e. The van der Waals surface area contributed by atoms with Crippen molar-refractivity contribution in [2.24, 2.45) is 7.05 Å². The van der Waals surface area contributed by atoms with Crippen molar-refractivity contribution >= 4 is 5.91 Å². The Balaban J connectivity index is 2.12. The molecule has 2 rings (SSSR count). The molecule has 0 spiro atoms. The van der Waals surface area contributed by atoms with Crippen LogP contribution in [0.4, 0.5) is 4.39 Å². The fraction of sp³-hybridized carbons (Fsp3) is 0.474. The number of benzene rings is 1. The van der Waals surface area contributed by atoms with Crippen LogP contribution in [0.5, 0.6) is 0 Å². The van der Waals surface area contributed by atoms with Crippen LogP contribution in [-0.2, 0) is 12.5 Å². The number of hydrogen-bond donors (Lipinski definition) is 1. The van der Waals surface area contributed by atoms with E-state index in [9.17, 15) is 9.18 Å². The van der Waals surface area contributed by atoms with E-state index < -0.39 is 0 Å². The van der Waals surface area contributed by atoms with Crippen LogP contribution in [0.3, 0.4) is 0 Å². The SMILES string of the molecule is CN(C)C(CNC(=O)c1cc(C(C)(C)C)nn1C)c1ccc(F)cc1. The number of hydrogen-bond acceptors (Lipinski definition) is 3. The molecule has 5 nitrogen and oxygen atoms in total. The fourth-order valence-corrected chi connectivity index (χ4v) is 2.61. The summed E-state index contributed by atoms with van der Waals surface area (Å²) in [5.41, 5.74) is 2.24. The highest BCUT2D eigenvalue weighted by atomic mass is 19.1. The number of halogens is 1. The smallest absolute Gasteiger partial charge is 0.269 e. The zero-order chi connectivity index (χ0) is 18.8. The quantitative estimate of drug-likeness (QED) is 0.906. The standard InChI is InChI=1S/C19H27FN4O/c1-19(2,3)17-11-15(24(6)22-17)18(25)21-12-16(23(4)5)13-7-9-14(20)10-8-13/h7-11,16H,12H2,1-6H3,(H,21,25). The molecule has 0 saturated carbocycles. The molecule has 1 N–H and O–H groups in total. The van der Waals surface area contributed by atoms with Crippen LogP contribution in [0.2, 0.25) is 0 Å². The summed E-state index contributed by atoms with van der Waals surface area (Å²) in [5, 5.41) is 7.40. The fourth-order valence-electron chi connectivity index (χ4n) is 2.61. The zero-order valence-electron chi connectivity index (χ0n) is 15.8. The zero-order valence-corrected chi connectivity index (χ0v) is 15.8. The maximum atomic E-state index is 13.1. The Kier molecular flexibility index (Phi) is 5.62. The van der Waals surface area contributed by atoms with E-state index >= 15 is 0 Å². The molecule has 2 aromatic rings. The van der Waals surface area contributed by atoms with E-state index in [1.54, 1.807) is 23.9 Å². The number of likely N-dealkylation sites (N-methyl/N-ethyl adjacent to an activating group) is 1. The van der Waals surface area contributed by atoms with E-state index in [1.807, 2.05) is 25.1 Å². The summed E-state index contributed by atoms with van der Waals surface area (Å²) in [5.74, 6) is -0.436. The number of rotatable bonds is 5. The van der Waals surface area contributed by atoms with Crippen molar-refractivity contribution in [3.63, 3.8) is 0 Å². The minimum atomic E-state index is -0.269.